The first-order valence-corrected chi connectivity index (χ1v) is 16.0. The maximum absolute atomic E-state index is 17.6. The van der Waals surface area contributed by atoms with E-state index in [9.17, 15) is 0 Å². The number of alkyl halides is 1. The van der Waals surface area contributed by atoms with Crippen LogP contribution in [0.15, 0.2) is 85.1 Å². The first kappa shape index (κ1) is 30.5. The standard InChI is InChI=1S/C36H34FN2.2C2H6/c1-7-35(5)28-18-17-27(31-23(3)19-22(2)20-24(31)4)32-26-15-11-12-16-29(26)38-21-30(25-13-9-8-10-14-25)39(36(35,6)37)34(38)33(28)32;2*1-2/h8-21H,7H2,1-6H3;2*1-2H3/q+1;;/t35?,36-;;/m1../s1. The summed E-state index contributed by atoms with van der Waals surface area (Å²) in [6.07, 6.45) is 2.83. The maximum atomic E-state index is 17.6. The van der Waals surface area contributed by atoms with Gasteiger partial charge < -0.3 is 0 Å². The van der Waals surface area contributed by atoms with Gasteiger partial charge in [0.2, 0.25) is 0 Å². The molecule has 6 aromatic rings. The van der Waals surface area contributed by atoms with E-state index in [-0.39, 0.29) is 0 Å². The number of aromatic nitrogens is 2. The van der Waals surface area contributed by atoms with Gasteiger partial charge in [-0.25, -0.2) is 0 Å². The topological polar surface area (TPSA) is 9.03 Å². The fourth-order valence-corrected chi connectivity index (χ4v) is 7.40. The summed E-state index contributed by atoms with van der Waals surface area (Å²) in [6.45, 7) is 20.6. The lowest BCUT2D eigenvalue weighted by atomic mass is 9.68. The van der Waals surface area contributed by atoms with Gasteiger partial charge in [0.25, 0.3) is 11.4 Å². The first-order chi connectivity index (χ1) is 20.7. The Morgan fingerprint density at radius 3 is 2.00 bits per heavy atom. The Morgan fingerprint density at radius 1 is 0.767 bits per heavy atom. The fraction of sp³-hybridized carbons (Fsp3) is 0.325. The summed E-state index contributed by atoms with van der Waals surface area (Å²) < 4.78 is 21.9. The van der Waals surface area contributed by atoms with Crippen molar-refractivity contribution in [1.82, 2.24) is 4.57 Å². The van der Waals surface area contributed by atoms with Crippen molar-refractivity contribution in [3.63, 3.8) is 0 Å². The summed E-state index contributed by atoms with van der Waals surface area (Å²) in [5.74, 6) is -1.64. The van der Waals surface area contributed by atoms with Crippen LogP contribution in [0.3, 0.4) is 0 Å². The Bertz CT molecular complexity index is 1940. The van der Waals surface area contributed by atoms with Gasteiger partial charge in [-0.05, 0) is 68.0 Å². The number of pyridine rings is 1. The summed E-state index contributed by atoms with van der Waals surface area (Å²) in [5, 5.41) is 3.57. The van der Waals surface area contributed by atoms with E-state index in [1.165, 1.54) is 38.6 Å². The third kappa shape index (κ3) is 4.23. The van der Waals surface area contributed by atoms with Crippen molar-refractivity contribution in [1.29, 1.82) is 0 Å². The number of fused-ring (bicyclic) bond motifs is 3. The zero-order valence-electron chi connectivity index (χ0n) is 27.6. The number of benzene rings is 4. The molecular formula is C40H46FN2+. The van der Waals surface area contributed by atoms with Crippen LogP contribution in [0.4, 0.5) is 4.39 Å². The molecule has 222 valence electrons. The third-order valence-corrected chi connectivity index (χ3v) is 9.54. The smallest absolute Gasteiger partial charge is 0.194 e. The van der Waals surface area contributed by atoms with E-state index in [0.29, 0.717) is 6.42 Å². The molecule has 0 N–H and O–H groups in total. The maximum Gasteiger partial charge on any atom is 0.298 e. The summed E-state index contributed by atoms with van der Waals surface area (Å²) >= 11 is 0. The predicted octanol–water partition coefficient (Wildman–Crippen LogP) is 11.2. The second kappa shape index (κ2) is 11.3. The highest BCUT2D eigenvalue weighted by atomic mass is 19.1. The molecule has 43 heavy (non-hydrogen) atoms. The molecule has 2 aromatic heterocycles. The van der Waals surface area contributed by atoms with E-state index in [2.05, 4.69) is 106 Å². The van der Waals surface area contributed by atoms with Crippen LogP contribution in [0.25, 0.3) is 49.7 Å². The van der Waals surface area contributed by atoms with Crippen molar-refractivity contribution in [2.75, 3.05) is 0 Å². The molecule has 3 heterocycles. The minimum Gasteiger partial charge on any atom is -0.194 e. The van der Waals surface area contributed by atoms with Crippen LogP contribution >= 0.6 is 0 Å². The number of aryl methyl sites for hydroxylation is 3. The summed E-state index contributed by atoms with van der Waals surface area (Å²) in [6, 6.07) is 27.9. The van der Waals surface area contributed by atoms with E-state index >= 15 is 4.39 Å². The number of halogens is 1. The van der Waals surface area contributed by atoms with Gasteiger partial charge in [-0.3, -0.25) is 0 Å². The molecule has 0 radical (unpaired) electrons. The van der Waals surface area contributed by atoms with Gasteiger partial charge >= 0.3 is 0 Å². The lowest BCUT2D eigenvalue weighted by Gasteiger charge is -2.42. The minimum atomic E-state index is -1.64. The zero-order chi connectivity index (χ0) is 31.3. The summed E-state index contributed by atoms with van der Waals surface area (Å²) in [7, 11) is 0. The zero-order valence-corrected chi connectivity index (χ0v) is 27.6. The van der Waals surface area contributed by atoms with Gasteiger partial charge in [-0.1, -0.05) is 113 Å². The van der Waals surface area contributed by atoms with Crippen LogP contribution in [-0.4, -0.2) is 4.57 Å². The predicted molar refractivity (Wildman–Crippen MR) is 183 cm³/mol. The Morgan fingerprint density at radius 2 is 1.37 bits per heavy atom. The summed E-state index contributed by atoms with van der Waals surface area (Å²) in [4.78, 5) is 0. The molecule has 7 rings (SSSR count). The molecule has 3 heteroatoms. The van der Waals surface area contributed by atoms with Crippen LogP contribution in [0, 0.1) is 20.8 Å². The molecule has 2 atom stereocenters. The van der Waals surface area contributed by atoms with E-state index < -0.39 is 11.2 Å². The largest absolute Gasteiger partial charge is 0.298 e. The number of nitrogens with zero attached hydrogens (tertiary/aromatic N) is 2. The molecule has 4 aromatic carbocycles. The molecule has 2 nitrogen and oxygen atoms in total. The van der Waals surface area contributed by atoms with Crippen LogP contribution < -0.4 is 4.40 Å². The van der Waals surface area contributed by atoms with E-state index in [1.807, 2.05) is 50.5 Å². The molecular weight excluding hydrogens is 527 g/mol. The Kier molecular flexibility index (Phi) is 7.98. The van der Waals surface area contributed by atoms with Crippen molar-refractivity contribution in [2.24, 2.45) is 0 Å². The second-order valence-electron chi connectivity index (χ2n) is 11.7. The lowest BCUT2D eigenvalue weighted by Crippen LogP contribution is -2.49. The minimum absolute atomic E-state index is 0.682. The van der Waals surface area contributed by atoms with Crippen molar-refractivity contribution in [3.8, 4) is 22.4 Å². The molecule has 0 spiro atoms. The van der Waals surface area contributed by atoms with E-state index in [1.54, 1.807) is 6.92 Å². The van der Waals surface area contributed by atoms with E-state index in [4.69, 9.17) is 0 Å². The highest BCUT2D eigenvalue weighted by molar-refractivity contribution is 6.18. The quantitative estimate of drug-likeness (QED) is 0.147. The van der Waals surface area contributed by atoms with Crippen molar-refractivity contribution in [2.45, 2.75) is 86.9 Å². The van der Waals surface area contributed by atoms with Gasteiger partial charge in [0.15, 0.2) is 5.69 Å². The van der Waals surface area contributed by atoms with Crippen LogP contribution in [0.2, 0.25) is 0 Å². The number of rotatable bonds is 3. The number of hydrogen-bond acceptors (Lipinski definition) is 0. The number of imidazole rings is 1. The van der Waals surface area contributed by atoms with E-state index in [0.717, 1.165) is 33.4 Å². The van der Waals surface area contributed by atoms with Crippen molar-refractivity contribution < 1.29 is 8.79 Å². The number of para-hydroxylation sites is 1. The molecule has 0 saturated heterocycles. The van der Waals surface area contributed by atoms with Gasteiger partial charge in [0, 0.05) is 23.3 Å². The van der Waals surface area contributed by atoms with Crippen LogP contribution in [-0.2, 0) is 11.2 Å². The lowest BCUT2D eigenvalue weighted by molar-refractivity contribution is -0.479. The Labute approximate surface area is 256 Å². The van der Waals surface area contributed by atoms with Gasteiger partial charge in [0.1, 0.15) is 11.7 Å². The summed E-state index contributed by atoms with van der Waals surface area (Å²) in [5.41, 5.74) is 10.6. The third-order valence-electron chi connectivity index (χ3n) is 9.54. The van der Waals surface area contributed by atoms with Gasteiger partial charge in [-0.2, -0.15) is 13.4 Å². The van der Waals surface area contributed by atoms with Gasteiger partial charge in [0.05, 0.1) is 10.8 Å². The number of hydrogen-bond donors (Lipinski definition) is 0. The Balaban J connectivity index is 0.000000885. The molecule has 0 aliphatic carbocycles. The highest BCUT2D eigenvalue weighted by Crippen LogP contribution is 2.55. The van der Waals surface area contributed by atoms with Gasteiger partial charge in [-0.15, -0.1) is 0 Å². The Hall–Kier alpha value is -3.98. The van der Waals surface area contributed by atoms with Crippen molar-refractivity contribution >= 4 is 27.3 Å². The van der Waals surface area contributed by atoms with Crippen LogP contribution in [0.1, 0.15) is 77.1 Å². The molecule has 0 saturated carbocycles. The molecule has 0 bridgehead atoms. The molecule has 1 unspecified atom stereocenters. The average molecular weight is 574 g/mol. The second-order valence-corrected chi connectivity index (χ2v) is 11.7. The normalized spacial score (nSPS) is 18.9. The first-order valence-electron chi connectivity index (χ1n) is 16.0. The fourth-order valence-electron chi connectivity index (χ4n) is 7.40. The molecule has 0 amide bonds. The highest BCUT2D eigenvalue weighted by Gasteiger charge is 2.57. The average Bonchev–Trinajstić information content (AvgIpc) is 3.44. The molecule has 1 aliphatic rings. The SMILES string of the molecule is CC.CC.CCC1(C)c2ccc(-c3c(C)cc(C)cc3C)c3c4ccccc4[n+]4cc(-c5ccccc5)n(c4c23)[C@@]1(C)F. The molecule has 1 aliphatic heterocycles. The molecule has 0 fully saturated rings. The monoisotopic (exact) mass is 573 g/mol. The van der Waals surface area contributed by atoms with Crippen LogP contribution in [0.5, 0.6) is 0 Å². The van der Waals surface area contributed by atoms with Crippen molar-refractivity contribution in [3.05, 3.63) is 107 Å².